The van der Waals surface area contributed by atoms with Crippen molar-refractivity contribution in [2.45, 2.75) is 76.4 Å². The number of rotatable bonds is 10. The van der Waals surface area contributed by atoms with Crippen molar-refractivity contribution in [1.82, 2.24) is 10.2 Å². The molecule has 1 N–H and O–H groups in total. The van der Waals surface area contributed by atoms with E-state index in [1.807, 2.05) is 44.2 Å². The third-order valence-electron chi connectivity index (χ3n) is 7.82. The number of benzene rings is 3. The summed E-state index contributed by atoms with van der Waals surface area (Å²) in [4.78, 5) is 29.1. The van der Waals surface area contributed by atoms with Crippen molar-refractivity contribution in [3.8, 4) is 0 Å². The summed E-state index contributed by atoms with van der Waals surface area (Å²) >= 11 is 9.52. The lowest BCUT2D eigenvalue weighted by Crippen LogP contribution is -2.53. The second kappa shape index (κ2) is 14.1. The van der Waals surface area contributed by atoms with Crippen LogP contribution in [0.1, 0.15) is 55.7 Å². The van der Waals surface area contributed by atoms with E-state index < -0.39 is 28.5 Å². The first-order valence-electron chi connectivity index (χ1n) is 14.2. The Morgan fingerprint density at radius 1 is 0.976 bits per heavy atom. The van der Waals surface area contributed by atoms with Crippen LogP contribution in [0.25, 0.3) is 0 Å². The molecule has 3 aromatic rings. The monoisotopic (exact) mass is 673 g/mol. The van der Waals surface area contributed by atoms with Gasteiger partial charge in [0.15, 0.2) is 0 Å². The van der Waals surface area contributed by atoms with Crippen LogP contribution in [0.4, 0.5) is 5.69 Å². The number of anilines is 1. The average Bonchev–Trinajstić information content (AvgIpc) is 2.96. The van der Waals surface area contributed by atoms with Crippen LogP contribution >= 0.6 is 27.5 Å². The zero-order chi connectivity index (χ0) is 30.4. The maximum Gasteiger partial charge on any atom is 0.264 e. The Morgan fingerprint density at radius 2 is 1.67 bits per heavy atom. The Bertz CT molecular complexity index is 1520. The van der Waals surface area contributed by atoms with Crippen LogP contribution in [-0.4, -0.2) is 43.8 Å². The van der Waals surface area contributed by atoms with Gasteiger partial charge in [-0.1, -0.05) is 65.0 Å². The maximum absolute atomic E-state index is 14.1. The molecule has 42 heavy (non-hydrogen) atoms. The van der Waals surface area contributed by atoms with Gasteiger partial charge in [-0.3, -0.25) is 13.9 Å². The molecule has 0 bridgehead atoms. The van der Waals surface area contributed by atoms with Gasteiger partial charge in [0.2, 0.25) is 11.8 Å². The van der Waals surface area contributed by atoms with Gasteiger partial charge in [-0.2, -0.15) is 0 Å². The molecule has 1 fully saturated rings. The number of nitrogens with one attached hydrogen (secondary N) is 1. The SMILES string of the molecule is Cc1ccc(N(CC(=O)N(Cc2cccc(Br)c2)C(C)C(=O)NC2CCCCC2)S(=O)(=O)c2ccc(Cl)cc2)cc1C. The first kappa shape index (κ1) is 32.0. The second-order valence-electron chi connectivity index (χ2n) is 10.9. The Morgan fingerprint density at radius 3 is 2.31 bits per heavy atom. The fourth-order valence-electron chi connectivity index (χ4n) is 5.13. The summed E-state index contributed by atoms with van der Waals surface area (Å²) < 4.78 is 29.9. The normalized spacial score (nSPS) is 14.7. The molecular formula is C32H37BrClN3O4S. The molecule has 1 aliphatic carbocycles. The summed E-state index contributed by atoms with van der Waals surface area (Å²) in [5, 5.41) is 3.53. The van der Waals surface area contributed by atoms with Gasteiger partial charge in [0.05, 0.1) is 10.6 Å². The molecule has 0 saturated heterocycles. The van der Waals surface area contributed by atoms with Gasteiger partial charge in [-0.05, 0) is 98.8 Å². The molecule has 4 rings (SSSR count). The van der Waals surface area contributed by atoms with E-state index in [0.717, 1.165) is 57.6 Å². The number of aryl methyl sites for hydroxylation is 2. The summed E-state index contributed by atoms with van der Waals surface area (Å²) in [5.41, 5.74) is 3.07. The highest BCUT2D eigenvalue weighted by Crippen LogP contribution is 2.27. The van der Waals surface area contributed by atoms with E-state index in [-0.39, 0.29) is 23.4 Å². The molecule has 1 saturated carbocycles. The first-order valence-corrected chi connectivity index (χ1v) is 16.8. The maximum atomic E-state index is 14.1. The topological polar surface area (TPSA) is 86.8 Å². The van der Waals surface area contributed by atoms with Gasteiger partial charge < -0.3 is 10.2 Å². The number of hydrogen-bond donors (Lipinski definition) is 1. The molecule has 3 aromatic carbocycles. The predicted octanol–water partition coefficient (Wildman–Crippen LogP) is 6.78. The number of amides is 2. The molecule has 0 radical (unpaired) electrons. The van der Waals surface area contributed by atoms with Gasteiger partial charge in [0.25, 0.3) is 10.0 Å². The standard InChI is InChI=1S/C32H37BrClN3O4S/c1-22-12-15-29(18-23(22)2)37(42(40,41)30-16-13-27(34)14-17-30)21-31(38)36(20-25-8-7-9-26(33)19-25)24(3)32(39)35-28-10-5-4-6-11-28/h7-9,12-19,24,28H,4-6,10-11,20-21H2,1-3H3,(H,35,39). The van der Waals surface area contributed by atoms with Crippen LogP contribution in [0.5, 0.6) is 0 Å². The number of sulfonamides is 1. The lowest BCUT2D eigenvalue weighted by Gasteiger charge is -2.33. The predicted molar refractivity (Wildman–Crippen MR) is 171 cm³/mol. The van der Waals surface area contributed by atoms with Crippen molar-refractivity contribution < 1.29 is 18.0 Å². The lowest BCUT2D eigenvalue weighted by molar-refractivity contribution is -0.139. The molecule has 0 spiro atoms. The molecule has 0 heterocycles. The van der Waals surface area contributed by atoms with Crippen molar-refractivity contribution in [3.05, 3.63) is 92.9 Å². The van der Waals surface area contributed by atoms with Crippen LogP contribution in [0.15, 0.2) is 76.1 Å². The van der Waals surface area contributed by atoms with Crippen molar-refractivity contribution in [2.75, 3.05) is 10.8 Å². The van der Waals surface area contributed by atoms with E-state index in [0.29, 0.717) is 10.7 Å². The molecule has 10 heteroatoms. The van der Waals surface area contributed by atoms with Gasteiger partial charge in [-0.15, -0.1) is 0 Å². The third-order valence-corrected chi connectivity index (χ3v) is 10.4. The minimum absolute atomic E-state index is 0.0135. The first-order chi connectivity index (χ1) is 20.0. The lowest BCUT2D eigenvalue weighted by atomic mass is 9.95. The van der Waals surface area contributed by atoms with Crippen molar-refractivity contribution >= 4 is 55.1 Å². The van der Waals surface area contributed by atoms with Gasteiger partial charge in [0.1, 0.15) is 12.6 Å². The van der Waals surface area contributed by atoms with E-state index in [1.54, 1.807) is 19.1 Å². The fourth-order valence-corrected chi connectivity index (χ4v) is 7.11. The summed E-state index contributed by atoms with van der Waals surface area (Å²) in [6.07, 6.45) is 5.11. The molecule has 224 valence electrons. The number of carbonyl (C=O) groups is 2. The number of nitrogens with zero attached hydrogens (tertiary/aromatic N) is 2. The fraction of sp³-hybridized carbons (Fsp3) is 0.375. The molecule has 2 amide bonds. The Hall–Kier alpha value is -2.88. The molecule has 7 nitrogen and oxygen atoms in total. The largest absolute Gasteiger partial charge is 0.352 e. The van der Waals surface area contributed by atoms with E-state index in [4.69, 9.17) is 11.6 Å². The van der Waals surface area contributed by atoms with Crippen molar-refractivity contribution in [1.29, 1.82) is 0 Å². The molecular weight excluding hydrogens is 638 g/mol. The molecule has 1 unspecified atom stereocenters. The Labute approximate surface area is 262 Å². The number of halogens is 2. The van der Waals surface area contributed by atoms with Crippen LogP contribution in [-0.2, 0) is 26.2 Å². The average molecular weight is 675 g/mol. The molecule has 0 aromatic heterocycles. The van der Waals surface area contributed by atoms with Crippen LogP contribution in [0.3, 0.4) is 0 Å². The minimum atomic E-state index is -4.16. The quantitative estimate of drug-likeness (QED) is 0.257. The number of hydrogen-bond acceptors (Lipinski definition) is 4. The van der Waals surface area contributed by atoms with E-state index >= 15 is 0 Å². The summed E-state index contributed by atoms with van der Waals surface area (Å²) in [7, 11) is -4.16. The Balaban J connectivity index is 1.69. The molecule has 0 aliphatic heterocycles. The summed E-state index contributed by atoms with van der Waals surface area (Å²) in [5.74, 6) is -0.736. The van der Waals surface area contributed by atoms with Crippen LogP contribution in [0.2, 0.25) is 5.02 Å². The van der Waals surface area contributed by atoms with E-state index in [9.17, 15) is 18.0 Å². The highest BCUT2D eigenvalue weighted by atomic mass is 79.9. The van der Waals surface area contributed by atoms with Gasteiger partial charge >= 0.3 is 0 Å². The van der Waals surface area contributed by atoms with Crippen LogP contribution < -0.4 is 9.62 Å². The van der Waals surface area contributed by atoms with Crippen LogP contribution in [0, 0.1) is 13.8 Å². The molecule has 1 aliphatic rings. The van der Waals surface area contributed by atoms with Crippen molar-refractivity contribution in [3.63, 3.8) is 0 Å². The van der Waals surface area contributed by atoms with Gasteiger partial charge in [0, 0.05) is 22.1 Å². The van der Waals surface area contributed by atoms with E-state index in [1.165, 1.54) is 29.2 Å². The zero-order valence-electron chi connectivity index (χ0n) is 24.1. The van der Waals surface area contributed by atoms with E-state index in [2.05, 4.69) is 21.2 Å². The smallest absolute Gasteiger partial charge is 0.264 e. The molecule has 1 atom stereocenters. The highest BCUT2D eigenvalue weighted by Gasteiger charge is 2.33. The second-order valence-corrected chi connectivity index (χ2v) is 14.1. The highest BCUT2D eigenvalue weighted by molar-refractivity contribution is 9.10. The Kier molecular flexibility index (Phi) is 10.7. The van der Waals surface area contributed by atoms with Crippen molar-refractivity contribution in [2.24, 2.45) is 0 Å². The number of carbonyl (C=O) groups excluding carboxylic acids is 2. The zero-order valence-corrected chi connectivity index (χ0v) is 27.3. The minimum Gasteiger partial charge on any atom is -0.352 e. The summed E-state index contributed by atoms with van der Waals surface area (Å²) in [6, 6.07) is 17.9. The van der Waals surface area contributed by atoms with Gasteiger partial charge in [-0.25, -0.2) is 8.42 Å². The third kappa shape index (κ3) is 7.94. The summed E-state index contributed by atoms with van der Waals surface area (Å²) in [6.45, 7) is 5.18.